The molecule has 0 bridgehead atoms. The zero-order chi connectivity index (χ0) is 11.3. The molecule has 84 valence electrons. The Kier molecular flexibility index (Phi) is 1.74. The van der Waals surface area contributed by atoms with Gasteiger partial charge in [-0.15, -0.1) is 0 Å². The third-order valence-corrected chi connectivity index (χ3v) is 2.84. The molecular formula is C10H11N3O3. The second-order valence-electron chi connectivity index (χ2n) is 3.98. The van der Waals surface area contributed by atoms with Crippen LogP contribution in [0.4, 0.5) is 5.82 Å². The van der Waals surface area contributed by atoms with Gasteiger partial charge in [0.05, 0.1) is 12.2 Å². The molecule has 0 aliphatic carbocycles. The summed E-state index contributed by atoms with van der Waals surface area (Å²) in [6.07, 6.45) is 0. The van der Waals surface area contributed by atoms with Crippen molar-refractivity contribution in [3.05, 3.63) is 11.4 Å². The lowest BCUT2D eigenvalue weighted by Gasteiger charge is -2.19. The van der Waals surface area contributed by atoms with Crippen molar-refractivity contribution in [3.63, 3.8) is 0 Å². The molecule has 0 radical (unpaired) electrons. The molecule has 0 saturated carbocycles. The number of hydrogen-bond donors (Lipinski definition) is 1. The number of carbonyl (C=O) groups excluding carboxylic acids is 1. The van der Waals surface area contributed by atoms with Crippen LogP contribution in [-0.4, -0.2) is 29.1 Å². The number of hydrogen-bond acceptors (Lipinski definition) is 5. The van der Waals surface area contributed by atoms with Gasteiger partial charge in [-0.2, -0.15) is 4.98 Å². The van der Waals surface area contributed by atoms with E-state index >= 15 is 0 Å². The summed E-state index contributed by atoms with van der Waals surface area (Å²) in [5.41, 5.74) is -0.407. The first-order valence-corrected chi connectivity index (χ1v) is 5.08. The molecule has 0 fully saturated rings. The summed E-state index contributed by atoms with van der Waals surface area (Å²) in [7, 11) is 0. The molecule has 1 aromatic rings. The zero-order valence-corrected chi connectivity index (χ0v) is 9.03. The van der Waals surface area contributed by atoms with E-state index in [1.807, 2.05) is 0 Å². The van der Waals surface area contributed by atoms with E-state index in [0.29, 0.717) is 36.3 Å². The fourth-order valence-electron chi connectivity index (χ4n) is 2.03. The summed E-state index contributed by atoms with van der Waals surface area (Å²) < 4.78 is 11.0. The number of aromatic nitrogens is 2. The number of rotatable bonds is 0. The Morgan fingerprint density at radius 2 is 2.19 bits per heavy atom. The van der Waals surface area contributed by atoms with E-state index in [4.69, 9.17) is 9.47 Å². The average molecular weight is 221 g/mol. The maximum atomic E-state index is 11.9. The molecule has 16 heavy (non-hydrogen) atoms. The first kappa shape index (κ1) is 9.53. The lowest BCUT2D eigenvalue weighted by molar-refractivity contribution is -0.138. The molecule has 2 aliphatic rings. The van der Waals surface area contributed by atoms with E-state index in [2.05, 4.69) is 15.3 Å². The van der Waals surface area contributed by atoms with E-state index in [1.165, 1.54) is 0 Å². The standard InChI is InChI=1S/C10H11N3O3/c1-5-11-7-6-8(12-5)15-3-4-16-10(6,2)9(14)13-7/h3-4H2,1-2H3,(H,11,12,13,14). The Bertz CT molecular complexity index is 488. The fourth-order valence-corrected chi connectivity index (χ4v) is 2.03. The SMILES string of the molecule is Cc1nc2c3c(n1)OCCOC3(C)C(=O)N2. The van der Waals surface area contributed by atoms with Gasteiger partial charge in [-0.3, -0.25) is 4.79 Å². The lowest BCUT2D eigenvalue weighted by atomic mass is 10.00. The highest BCUT2D eigenvalue weighted by Gasteiger charge is 2.49. The zero-order valence-electron chi connectivity index (χ0n) is 9.03. The van der Waals surface area contributed by atoms with Crippen LogP contribution in [-0.2, 0) is 15.1 Å². The lowest BCUT2D eigenvalue weighted by Crippen LogP contribution is -2.34. The third-order valence-electron chi connectivity index (χ3n) is 2.84. The Balaban J connectivity index is 2.29. The number of nitrogens with zero attached hydrogens (tertiary/aromatic N) is 2. The van der Waals surface area contributed by atoms with E-state index in [-0.39, 0.29) is 5.91 Å². The van der Waals surface area contributed by atoms with Crippen LogP contribution in [0.3, 0.4) is 0 Å². The van der Waals surface area contributed by atoms with Gasteiger partial charge in [0.2, 0.25) is 5.88 Å². The smallest absolute Gasteiger partial charge is 0.262 e. The van der Waals surface area contributed by atoms with Crippen molar-refractivity contribution in [2.45, 2.75) is 19.4 Å². The summed E-state index contributed by atoms with van der Waals surface area (Å²) >= 11 is 0. The Morgan fingerprint density at radius 3 is 3.00 bits per heavy atom. The molecule has 3 heterocycles. The number of amides is 1. The van der Waals surface area contributed by atoms with Crippen molar-refractivity contribution in [1.29, 1.82) is 0 Å². The van der Waals surface area contributed by atoms with Crippen LogP contribution in [0.15, 0.2) is 0 Å². The van der Waals surface area contributed by atoms with Crippen LogP contribution in [0.2, 0.25) is 0 Å². The molecule has 3 rings (SSSR count). The van der Waals surface area contributed by atoms with Crippen LogP contribution >= 0.6 is 0 Å². The molecule has 6 nitrogen and oxygen atoms in total. The first-order valence-electron chi connectivity index (χ1n) is 5.08. The maximum absolute atomic E-state index is 11.9. The fraction of sp³-hybridized carbons (Fsp3) is 0.500. The first-order chi connectivity index (χ1) is 7.61. The molecule has 1 aromatic heterocycles. The van der Waals surface area contributed by atoms with Gasteiger partial charge in [0, 0.05) is 0 Å². The van der Waals surface area contributed by atoms with Gasteiger partial charge >= 0.3 is 0 Å². The predicted octanol–water partition coefficient (Wildman–Crippen LogP) is 0.361. The van der Waals surface area contributed by atoms with Gasteiger partial charge in [0.1, 0.15) is 18.2 Å². The van der Waals surface area contributed by atoms with Crippen LogP contribution in [0.5, 0.6) is 5.88 Å². The molecular weight excluding hydrogens is 210 g/mol. The largest absolute Gasteiger partial charge is 0.475 e. The van der Waals surface area contributed by atoms with Gasteiger partial charge in [0.15, 0.2) is 5.60 Å². The van der Waals surface area contributed by atoms with Crippen molar-refractivity contribution in [1.82, 2.24) is 9.97 Å². The van der Waals surface area contributed by atoms with E-state index in [0.717, 1.165) is 0 Å². The van der Waals surface area contributed by atoms with Gasteiger partial charge in [-0.05, 0) is 13.8 Å². The maximum Gasteiger partial charge on any atom is 0.262 e. The quantitative estimate of drug-likeness (QED) is 0.684. The molecule has 1 amide bonds. The molecule has 1 N–H and O–H groups in total. The second-order valence-corrected chi connectivity index (χ2v) is 3.98. The molecule has 0 saturated heterocycles. The topological polar surface area (TPSA) is 73.3 Å². The minimum Gasteiger partial charge on any atom is -0.475 e. The van der Waals surface area contributed by atoms with Crippen molar-refractivity contribution in [3.8, 4) is 5.88 Å². The van der Waals surface area contributed by atoms with Crippen molar-refractivity contribution >= 4 is 11.7 Å². The monoisotopic (exact) mass is 221 g/mol. The van der Waals surface area contributed by atoms with Crippen molar-refractivity contribution in [2.75, 3.05) is 18.5 Å². The van der Waals surface area contributed by atoms with E-state index < -0.39 is 5.60 Å². The highest BCUT2D eigenvalue weighted by Crippen LogP contribution is 2.43. The number of anilines is 1. The summed E-state index contributed by atoms with van der Waals surface area (Å²) in [6, 6.07) is 0. The number of carbonyl (C=O) groups is 1. The third kappa shape index (κ3) is 1.07. The van der Waals surface area contributed by atoms with Crippen molar-refractivity contribution < 1.29 is 14.3 Å². The van der Waals surface area contributed by atoms with Crippen LogP contribution in [0.25, 0.3) is 0 Å². The van der Waals surface area contributed by atoms with Crippen molar-refractivity contribution in [2.24, 2.45) is 0 Å². The van der Waals surface area contributed by atoms with E-state index in [9.17, 15) is 4.79 Å². The van der Waals surface area contributed by atoms with Gasteiger partial charge in [-0.1, -0.05) is 0 Å². The Morgan fingerprint density at radius 1 is 1.38 bits per heavy atom. The summed E-state index contributed by atoms with van der Waals surface area (Å²) in [4.78, 5) is 20.3. The summed E-state index contributed by atoms with van der Waals surface area (Å²) in [6.45, 7) is 4.23. The Labute approximate surface area is 92.0 Å². The minimum atomic E-state index is -1.02. The molecule has 2 aliphatic heterocycles. The number of nitrogens with one attached hydrogen (secondary N) is 1. The molecule has 6 heteroatoms. The van der Waals surface area contributed by atoms with Crippen LogP contribution in [0.1, 0.15) is 18.3 Å². The normalized spacial score (nSPS) is 26.8. The van der Waals surface area contributed by atoms with Crippen LogP contribution in [0, 0.1) is 6.92 Å². The molecule has 0 spiro atoms. The molecule has 1 unspecified atom stereocenters. The predicted molar refractivity (Wildman–Crippen MR) is 54.2 cm³/mol. The highest BCUT2D eigenvalue weighted by atomic mass is 16.6. The highest BCUT2D eigenvalue weighted by molar-refractivity contribution is 6.04. The average Bonchev–Trinajstić information content (AvgIpc) is 2.38. The van der Waals surface area contributed by atoms with Gasteiger partial charge in [0.25, 0.3) is 5.91 Å². The number of aryl methyl sites for hydroxylation is 1. The summed E-state index contributed by atoms with van der Waals surface area (Å²) in [5.74, 6) is 1.30. The number of ether oxygens (including phenoxy) is 2. The van der Waals surface area contributed by atoms with Crippen LogP contribution < -0.4 is 10.1 Å². The Hall–Kier alpha value is -1.69. The van der Waals surface area contributed by atoms with Gasteiger partial charge in [-0.25, -0.2) is 4.98 Å². The minimum absolute atomic E-state index is 0.214. The molecule has 0 aromatic carbocycles. The second kappa shape index (κ2) is 2.91. The molecule has 1 atom stereocenters. The van der Waals surface area contributed by atoms with E-state index in [1.54, 1.807) is 13.8 Å². The summed E-state index contributed by atoms with van der Waals surface area (Å²) in [5, 5.41) is 2.69. The van der Waals surface area contributed by atoms with Gasteiger partial charge < -0.3 is 14.8 Å².